The van der Waals surface area contributed by atoms with Crippen molar-refractivity contribution in [1.29, 1.82) is 0 Å². The van der Waals surface area contributed by atoms with Crippen LogP contribution in [0.5, 0.6) is 0 Å². The first-order valence-corrected chi connectivity index (χ1v) is 6.55. The summed E-state index contributed by atoms with van der Waals surface area (Å²) < 4.78 is 40.4. The highest BCUT2D eigenvalue weighted by atomic mass is 79.9. The lowest BCUT2D eigenvalue weighted by Gasteiger charge is -2.36. The fraction of sp³-hybridized carbons (Fsp3) is 0.500. The molecule has 2 rings (SSSR count). The zero-order chi connectivity index (χ0) is 13.2. The minimum atomic E-state index is -4.24. The highest BCUT2D eigenvalue weighted by molar-refractivity contribution is 9.10. The molecule has 0 saturated carbocycles. The lowest BCUT2D eigenvalue weighted by Crippen LogP contribution is -2.49. The number of nitrogens with zero attached hydrogens (tertiary/aromatic N) is 1. The van der Waals surface area contributed by atoms with E-state index in [0.717, 1.165) is 4.47 Å². The van der Waals surface area contributed by atoms with Crippen LogP contribution in [0.1, 0.15) is 11.6 Å². The fourth-order valence-corrected chi connectivity index (χ4v) is 2.46. The van der Waals surface area contributed by atoms with Crippen LogP contribution in [0.25, 0.3) is 0 Å². The van der Waals surface area contributed by atoms with Gasteiger partial charge in [0.05, 0.1) is 0 Å². The van der Waals surface area contributed by atoms with E-state index in [9.17, 15) is 13.2 Å². The Labute approximate surface area is 112 Å². The summed E-state index contributed by atoms with van der Waals surface area (Å²) >= 11 is 3.24. The van der Waals surface area contributed by atoms with Gasteiger partial charge in [0.1, 0.15) is 6.04 Å². The predicted molar refractivity (Wildman–Crippen MR) is 67.4 cm³/mol. The normalized spacial score (nSPS) is 19.8. The van der Waals surface area contributed by atoms with Crippen molar-refractivity contribution in [2.45, 2.75) is 12.2 Å². The summed E-state index contributed by atoms with van der Waals surface area (Å²) in [6, 6.07) is 4.86. The number of rotatable bonds is 2. The van der Waals surface area contributed by atoms with E-state index in [2.05, 4.69) is 21.2 Å². The molecule has 1 aliphatic rings. The Morgan fingerprint density at radius 1 is 1.11 bits per heavy atom. The molecule has 1 atom stereocenters. The minimum Gasteiger partial charge on any atom is -0.314 e. The summed E-state index contributed by atoms with van der Waals surface area (Å²) in [6.07, 6.45) is -4.24. The van der Waals surface area contributed by atoms with E-state index in [-0.39, 0.29) is 0 Å². The van der Waals surface area contributed by atoms with Crippen LogP contribution in [0.2, 0.25) is 0 Å². The first-order valence-electron chi connectivity index (χ1n) is 5.75. The maximum Gasteiger partial charge on any atom is 0.408 e. The SMILES string of the molecule is FC(F)(F)C(c1ccc(Br)cc1)N1CCNCC1. The smallest absolute Gasteiger partial charge is 0.314 e. The molecule has 1 fully saturated rings. The molecule has 100 valence electrons. The maximum atomic E-state index is 13.2. The lowest BCUT2D eigenvalue weighted by atomic mass is 10.0. The molecule has 0 radical (unpaired) electrons. The van der Waals surface area contributed by atoms with Crippen molar-refractivity contribution in [1.82, 2.24) is 10.2 Å². The number of nitrogens with one attached hydrogen (secondary N) is 1. The highest BCUT2D eigenvalue weighted by Gasteiger charge is 2.44. The van der Waals surface area contributed by atoms with E-state index in [1.54, 1.807) is 12.1 Å². The second-order valence-corrected chi connectivity index (χ2v) is 5.20. The molecule has 1 aliphatic heterocycles. The molecule has 18 heavy (non-hydrogen) atoms. The van der Waals surface area contributed by atoms with Crippen molar-refractivity contribution in [2.75, 3.05) is 26.2 Å². The van der Waals surface area contributed by atoms with Gasteiger partial charge in [-0.15, -0.1) is 0 Å². The van der Waals surface area contributed by atoms with Crippen molar-refractivity contribution in [3.05, 3.63) is 34.3 Å². The van der Waals surface area contributed by atoms with Crippen LogP contribution in [0.3, 0.4) is 0 Å². The first kappa shape index (κ1) is 13.8. The van der Waals surface area contributed by atoms with Gasteiger partial charge in [-0.1, -0.05) is 28.1 Å². The van der Waals surface area contributed by atoms with Crippen LogP contribution >= 0.6 is 15.9 Å². The number of hydrogen-bond donors (Lipinski definition) is 1. The van der Waals surface area contributed by atoms with Gasteiger partial charge >= 0.3 is 6.18 Å². The largest absolute Gasteiger partial charge is 0.408 e. The molecule has 1 aromatic carbocycles. The quantitative estimate of drug-likeness (QED) is 0.900. The number of benzene rings is 1. The van der Waals surface area contributed by atoms with E-state index < -0.39 is 12.2 Å². The molecule has 0 amide bonds. The maximum absolute atomic E-state index is 13.2. The van der Waals surface area contributed by atoms with Gasteiger partial charge in [-0.25, -0.2) is 0 Å². The van der Waals surface area contributed by atoms with Gasteiger partial charge in [0, 0.05) is 30.7 Å². The van der Waals surface area contributed by atoms with E-state index in [4.69, 9.17) is 0 Å². The van der Waals surface area contributed by atoms with E-state index in [0.29, 0.717) is 31.7 Å². The molecule has 1 heterocycles. The van der Waals surface area contributed by atoms with Gasteiger partial charge in [-0.2, -0.15) is 13.2 Å². The predicted octanol–water partition coefficient (Wildman–Crippen LogP) is 2.96. The third-order valence-corrected chi connectivity index (χ3v) is 3.54. The van der Waals surface area contributed by atoms with Crippen molar-refractivity contribution in [3.63, 3.8) is 0 Å². The van der Waals surface area contributed by atoms with Crippen molar-refractivity contribution >= 4 is 15.9 Å². The summed E-state index contributed by atoms with van der Waals surface area (Å²) in [5.74, 6) is 0. The number of halogens is 4. The summed E-state index contributed by atoms with van der Waals surface area (Å²) in [6.45, 7) is 2.03. The van der Waals surface area contributed by atoms with Gasteiger partial charge < -0.3 is 5.32 Å². The van der Waals surface area contributed by atoms with Crippen LogP contribution in [-0.2, 0) is 0 Å². The Bertz CT molecular complexity index is 385. The molecular formula is C12H14BrF3N2. The van der Waals surface area contributed by atoms with Crippen molar-refractivity contribution in [3.8, 4) is 0 Å². The Balaban J connectivity index is 2.27. The second kappa shape index (κ2) is 5.59. The monoisotopic (exact) mass is 322 g/mol. The Morgan fingerprint density at radius 3 is 2.17 bits per heavy atom. The van der Waals surface area contributed by atoms with E-state index >= 15 is 0 Å². The third kappa shape index (κ3) is 3.24. The second-order valence-electron chi connectivity index (χ2n) is 4.28. The van der Waals surface area contributed by atoms with Crippen LogP contribution < -0.4 is 5.32 Å². The molecule has 1 unspecified atom stereocenters. The number of hydrogen-bond acceptors (Lipinski definition) is 2. The Hall–Kier alpha value is -0.590. The average molecular weight is 323 g/mol. The van der Waals surface area contributed by atoms with Gasteiger partial charge in [-0.3, -0.25) is 4.90 Å². The van der Waals surface area contributed by atoms with Crippen molar-refractivity contribution < 1.29 is 13.2 Å². The zero-order valence-corrected chi connectivity index (χ0v) is 11.3. The molecule has 2 nitrogen and oxygen atoms in total. The summed E-state index contributed by atoms with van der Waals surface area (Å²) in [4.78, 5) is 1.49. The molecule has 0 spiro atoms. The number of piperazine rings is 1. The minimum absolute atomic E-state index is 0.299. The standard InChI is InChI=1S/C12H14BrF3N2/c13-10-3-1-9(2-4-10)11(12(14,15)16)18-7-5-17-6-8-18/h1-4,11,17H,5-8H2. The average Bonchev–Trinajstić information content (AvgIpc) is 2.32. The number of alkyl halides is 3. The molecular weight excluding hydrogens is 309 g/mol. The molecule has 0 bridgehead atoms. The van der Waals surface area contributed by atoms with Crippen molar-refractivity contribution in [2.24, 2.45) is 0 Å². The molecule has 1 saturated heterocycles. The van der Waals surface area contributed by atoms with Crippen LogP contribution in [0.15, 0.2) is 28.7 Å². The first-order chi connectivity index (χ1) is 8.48. The molecule has 1 aromatic rings. The molecule has 6 heteroatoms. The van der Waals surface area contributed by atoms with Gasteiger partial charge in [-0.05, 0) is 17.7 Å². The van der Waals surface area contributed by atoms with E-state index in [1.165, 1.54) is 17.0 Å². The summed E-state index contributed by atoms with van der Waals surface area (Å²) in [5, 5.41) is 3.07. The summed E-state index contributed by atoms with van der Waals surface area (Å²) in [7, 11) is 0. The molecule has 0 aromatic heterocycles. The van der Waals surface area contributed by atoms with Gasteiger partial charge in [0.15, 0.2) is 0 Å². The zero-order valence-electron chi connectivity index (χ0n) is 9.67. The fourth-order valence-electron chi connectivity index (χ4n) is 2.19. The van der Waals surface area contributed by atoms with Crippen LogP contribution in [-0.4, -0.2) is 37.3 Å². The highest BCUT2D eigenvalue weighted by Crippen LogP contribution is 2.38. The van der Waals surface area contributed by atoms with Gasteiger partial charge in [0.25, 0.3) is 0 Å². The van der Waals surface area contributed by atoms with E-state index in [1.807, 2.05) is 0 Å². The van der Waals surface area contributed by atoms with Crippen LogP contribution in [0, 0.1) is 0 Å². The third-order valence-electron chi connectivity index (χ3n) is 3.01. The molecule has 0 aliphatic carbocycles. The Kier molecular flexibility index (Phi) is 4.29. The topological polar surface area (TPSA) is 15.3 Å². The molecule has 1 N–H and O–H groups in total. The Morgan fingerprint density at radius 2 is 1.67 bits per heavy atom. The lowest BCUT2D eigenvalue weighted by molar-refractivity contribution is -0.187. The van der Waals surface area contributed by atoms with Gasteiger partial charge in [0.2, 0.25) is 0 Å². The van der Waals surface area contributed by atoms with Crippen LogP contribution in [0.4, 0.5) is 13.2 Å². The summed E-state index contributed by atoms with van der Waals surface area (Å²) in [5.41, 5.74) is 0.299.